The van der Waals surface area contributed by atoms with E-state index in [0.717, 1.165) is 32.0 Å². The van der Waals surface area contributed by atoms with Crippen LogP contribution in [-0.4, -0.2) is 37.7 Å². The molecule has 1 aromatic heterocycles. The van der Waals surface area contributed by atoms with Crippen molar-refractivity contribution in [1.29, 1.82) is 0 Å². The summed E-state index contributed by atoms with van der Waals surface area (Å²) in [6.45, 7) is 0. The molecular formula is C25H24FN3O3S. The van der Waals surface area contributed by atoms with Crippen LogP contribution in [0, 0.1) is 5.82 Å². The van der Waals surface area contributed by atoms with Gasteiger partial charge in [-0.15, -0.1) is 0 Å². The maximum absolute atomic E-state index is 13.4. The number of para-hydroxylation sites is 1. The molecule has 0 saturated carbocycles. The summed E-state index contributed by atoms with van der Waals surface area (Å²) in [6.07, 6.45) is 0.652. The topological polar surface area (TPSA) is 82.3 Å². The average Bonchev–Trinajstić information content (AvgIpc) is 3.17. The fourth-order valence-corrected chi connectivity index (χ4v) is 4.68. The van der Waals surface area contributed by atoms with E-state index in [1.165, 1.54) is 38.4 Å². The molecule has 33 heavy (non-hydrogen) atoms. The zero-order valence-corrected chi connectivity index (χ0v) is 19.1. The smallest absolute Gasteiger partial charge is 0.242 e. The summed E-state index contributed by atoms with van der Waals surface area (Å²) < 4.78 is 39.2. The average molecular weight is 466 g/mol. The van der Waals surface area contributed by atoms with E-state index in [4.69, 9.17) is 0 Å². The number of hydrogen-bond donors (Lipinski definition) is 2. The Morgan fingerprint density at radius 3 is 2.45 bits per heavy atom. The van der Waals surface area contributed by atoms with Crippen molar-refractivity contribution in [2.75, 3.05) is 19.4 Å². The number of rotatable bonds is 7. The number of sulfonamides is 1. The van der Waals surface area contributed by atoms with Gasteiger partial charge in [-0.25, -0.2) is 17.1 Å². The number of halogens is 1. The van der Waals surface area contributed by atoms with E-state index < -0.39 is 10.0 Å². The van der Waals surface area contributed by atoms with Gasteiger partial charge < -0.3 is 10.3 Å². The highest BCUT2D eigenvalue weighted by Crippen LogP contribution is 2.31. The second kappa shape index (κ2) is 9.17. The first-order chi connectivity index (χ1) is 15.8. The Labute approximate surface area is 192 Å². The number of nitrogens with one attached hydrogen (secondary N) is 2. The molecular weight excluding hydrogens is 441 g/mol. The molecule has 0 saturated heterocycles. The molecule has 0 spiro atoms. The summed E-state index contributed by atoms with van der Waals surface area (Å²) in [7, 11) is -0.678. The standard InChI is InChI=1S/C25H24FN3O3S/c1-29(2)33(31,32)20-7-5-6-19(16-20)27-24(30)15-14-22-21-8-3-4-9-23(21)28-25(22)17-10-12-18(26)13-11-17/h3-13,16,28H,14-15H2,1-2H3,(H,27,30). The summed E-state index contributed by atoms with van der Waals surface area (Å²) in [5.41, 5.74) is 4.01. The number of aromatic nitrogens is 1. The molecule has 0 radical (unpaired) electrons. The molecule has 3 aromatic carbocycles. The van der Waals surface area contributed by atoms with Crippen LogP contribution in [-0.2, 0) is 21.2 Å². The number of H-pyrrole nitrogens is 1. The van der Waals surface area contributed by atoms with Gasteiger partial charge in [-0.1, -0.05) is 24.3 Å². The summed E-state index contributed by atoms with van der Waals surface area (Å²) in [5.74, 6) is -0.543. The van der Waals surface area contributed by atoms with Gasteiger partial charge in [0.1, 0.15) is 5.82 Å². The Morgan fingerprint density at radius 1 is 1.00 bits per heavy atom. The fraction of sp³-hybridized carbons (Fsp3) is 0.160. The van der Waals surface area contributed by atoms with Crippen LogP contribution in [0.1, 0.15) is 12.0 Å². The number of hydrogen-bond acceptors (Lipinski definition) is 3. The maximum Gasteiger partial charge on any atom is 0.242 e. The van der Waals surface area contributed by atoms with E-state index in [-0.39, 0.29) is 23.0 Å². The number of fused-ring (bicyclic) bond motifs is 1. The van der Waals surface area contributed by atoms with Crippen LogP contribution in [0.4, 0.5) is 10.1 Å². The Kier molecular flexibility index (Phi) is 6.31. The van der Waals surface area contributed by atoms with Crippen LogP contribution in [0.25, 0.3) is 22.2 Å². The van der Waals surface area contributed by atoms with Crippen molar-refractivity contribution in [3.63, 3.8) is 0 Å². The van der Waals surface area contributed by atoms with Gasteiger partial charge >= 0.3 is 0 Å². The third-order valence-electron chi connectivity index (χ3n) is 5.44. The number of carbonyl (C=O) groups excluding carboxylic acids is 1. The lowest BCUT2D eigenvalue weighted by molar-refractivity contribution is -0.116. The monoisotopic (exact) mass is 465 g/mol. The zero-order valence-electron chi connectivity index (χ0n) is 18.3. The van der Waals surface area contributed by atoms with Crippen LogP contribution in [0.15, 0.2) is 77.7 Å². The minimum absolute atomic E-state index is 0.112. The van der Waals surface area contributed by atoms with E-state index in [2.05, 4.69) is 10.3 Å². The number of anilines is 1. The van der Waals surface area contributed by atoms with Crippen molar-refractivity contribution in [2.24, 2.45) is 0 Å². The van der Waals surface area contributed by atoms with Gasteiger partial charge in [0.25, 0.3) is 0 Å². The van der Waals surface area contributed by atoms with E-state index >= 15 is 0 Å². The second-order valence-electron chi connectivity index (χ2n) is 7.89. The number of aryl methyl sites for hydroxylation is 1. The minimum atomic E-state index is -3.60. The van der Waals surface area contributed by atoms with Crippen LogP contribution >= 0.6 is 0 Å². The molecule has 1 amide bonds. The third kappa shape index (κ3) is 4.81. The van der Waals surface area contributed by atoms with Gasteiger partial charge in [-0.2, -0.15) is 0 Å². The lowest BCUT2D eigenvalue weighted by Gasteiger charge is -2.13. The molecule has 6 nitrogen and oxygen atoms in total. The van der Waals surface area contributed by atoms with Crippen molar-refractivity contribution in [3.8, 4) is 11.3 Å². The van der Waals surface area contributed by atoms with Crippen molar-refractivity contribution >= 4 is 32.5 Å². The summed E-state index contributed by atoms with van der Waals surface area (Å²) in [5, 5.41) is 3.79. The van der Waals surface area contributed by atoms with Crippen LogP contribution < -0.4 is 5.32 Å². The van der Waals surface area contributed by atoms with Crippen LogP contribution in [0.5, 0.6) is 0 Å². The van der Waals surface area contributed by atoms with Gasteiger partial charge in [0.05, 0.1) is 4.90 Å². The van der Waals surface area contributed by atoms with Crippen LogP contribution in [0.2, 0.25) is 0 Å². The zero-order chi connectivity index (χ0) is 23.6. The van der Waals surface area contributed by atoms with E-state index in [9.17, 15) is 17.6 Å². The maximum atomic E-state index is 13.4. The van der Waals surface area contributed by atoms with Gasteiger partial charge in [-0.05, 0) is 66.1 Å². The molecule has 2 N–H and O–H groups in total. The molecule has 0 aliphatic heterocycles. The van der Waals surface area contributed by atoms with E-state index in [1.54, 1.807) is 24.3 Å². The number of carbonyl (C=O) groups is 1. The molecule has 0 fully saturated rings. The molecule has 1 heterocycles. The first-order valence-corrected chi connectivity index (χ1v) is 11.9. The highest BCUT2D eigenvalue weighted by atomic mass is 32.2. The Hall–Kier alpha value is -3.49. The van der Waals surface area contributed by atoms with Gasteiger partial charge in [0.15, 0.2) is 0 Å². The van der Waals surface area contributed by atoms with E-state index in [1.807, 2.05) is 24.3 Å². The lowest BCUT2D eigenvalue weighted by atomic mass is 10.0. The number of benzene rings is 3. The predicted molar refractivity (Wildman–Crippen MR) is 128 cm³/mol. The molecule has 0 atom stereocenters. The van der Waals surface area contributed by atoms with Crippen molar-refractivity contribution in [3.05, 3.63) is 84.2 Å². The highest BCUT2D eigenvalue weighted by Gasteiger charge is 2.18. The predicted octanol–water partition coefficient (Wildman–Crippen LogP) is 4.80. The summed E-state index contributed by atoms with van der Waals surface area (Å²) in [4.78, 5) is 16.2. The second-order valence-corrected chi connectivity index (χ2v) is 10.0. The first kappa shape index (κ1) is 22.7. The molecule has 4 aromatic rings. The fourth-order valence-electron chi connectivity index (χ4n) is 3.73. The van der Waals surface area contributed by atoms with Crippen molar-refractivity contribution in [2.45, 2.75) is 17.7 Å². The van der Waals surface area contributed by atoms with Crippen molar-refractivity contribution in [1.82, 2.24) is 9.29 Å². The largest absolute Gasteiger partial charge is 0.354 e. The SMILES string of the molecule is CN(C)S(=O)(=O)c1cccc(NC(=O)CCc2c(-c3ccc(F)cc3)[nH]c3ccccc23)c1. The van der Waals surface area contributed by atoms with Gasteiger partial charge in [-0.3, -0.25) is 4.79 Å². The Bertz CT molecular complexity index is 1410. The van der Waals surface area contributed by atoms with Crippen molar-refractivity contribution < 1.29 is 17.6 Å². The molecule has 0 aliphatic rings. The Morgan fingerprint density at radius 2 is 1.73 bits per heavy atom. The number of amides is 1. The lowest BCUT2D eigenvalue weighted by Crippen LogP contribution is -2.22. The number of aromatic amines is 1. The van der Waals surface area contributed by atoms with Gasteiger partial charge in [0, 0.05) is 42.8 Å². The molecule has 0 bridgehead atoms. The third-order valence-corrected chi connectivity index (χ3v) is 7.26. The van der Waals surface area contributed by atoms with E-state index in [0.29, 0.717) is 12.1 Å². The summed E-state index contributed by atoms with van der Waals surface area (Å²) in [6, 6.07) is 20.2. The molecule has 8 heteroatoms. The molecule has 0 unspecified atom stereocenters. The van der Waals surface area contributed by atoms with Gasteiger partial charge in [0.2, 0.25) is 15.9 Å². The molecule has 4 rings (SSSR count). The minimum Gasteiger partial charge on any atom is -0.354 e. The quantitative estimate of drug-likeness (QED) is 0.412. The molecule has 170 valence electrons. The normalized spacial score (nSPS) is 11.8. The molecule has 0 aliphatic carbocycles. The highest BCUT2D eigenvalue weighted by molar-refractivity contribution is 7.89. The first-order valence-electron chi connectivity index (χ1n) is 10.4. The Balaban J connectivity index is 1.55. The van der Waals surface area contributed by atoms with Crippen LogP contribution in [0.3, 0.4) is 0 Å². The number of nitrogens with zero attached hydrogens (tertiary/aromatic N) is 1. The summed E-state index contributed by atoms with van der Waals surface area (Å²) >= 11 is 0.